The second kappa shape index (κ2) is 8.98. The highest BCUT2D eigenvalue weighted by Gasteiger charge is 2.63. The van der Waals surface area contributed by atoms with Crippen LogP contribution in [0.1, 0.15) is 11.1 Å². The molecule has 2 fully saturated rings. The summed E-state index contributed by atoms with van der Waals surface area (Å²) in [5.41, 5.74) is 1.74. The summed E-state index contributed by atoms with van der Waals surface area (Å²) in [6, 6.07) is 15.0. The van der Waals surface area contributed by atoms with Gasteiger partial charge in [0.15, 0.2) is 23.3 Å². The molecule has 3 aromatic carbocycles. The van der Waals surface area contributed by atoms with E-state index in [2.05, 4.69) is 31.9 Å². The number of halogens is 7. The van der Waals surface area contributed by atoms with Crippen LogP contribution in [0.25, 0.3) is 5.57 Å². The zero-order valence-corrected chi connectivity index (χ0v) is 22.2. The topological polar surface area (TPSA) is 37.4 Å². The van der Waals surface area contributed by atoms with Gasteiger partial charge < -0.3 is 0 Å². The number of imide groups is 1. The summed E-state index contributed by atoms with van der Waals surface area (Å²) in [7, 11) is 0. The van der Waals surface area contributed by atoms with Crippen molar-refractivity contribution in [2.45, 2.75) is 0 Å². The SMILES string of the molecule is O=C1[C@H]2[C@H](C(=O)N1c1c(F)c(F)c(F)c(F)c1F)[C@H]1C=C[C@@H]2C1=C(c1ccc(Br)cc1)c1ccc(Br)cc1. The predicted molar refractivity (Wildman–Crippen MR) is 136 cm³/mol. The summed E-state index contributed by atoms with van der Waals surface area (Å²) < 4.78 is 72.4. The molecule has 10 heteroatoms. The molecule has 3 aliphatic rings. The molecule has 2 bridgehead atoms. The maximum absolute atomic E-state index is 14.6. The van der Waals surface area contributed by atoms with Gasteiger partial charge in [0.05, 0.1) is 11.8 Å². The summed E-state index contributed by atoms with van der Waals surface area (Å²) >= 11 is 6.85. The smallest absolute Gasteiger partial charge is 0.238 e. The standard InChI is InChI=1S/C28H14Br2F5NO2/c29-13-5-1-11(2-6-13)17(12-3-7-14(30)8-4-12)18-15-9-10-16(18)20-19(15)27(37)36(28(20)38)26-24(34)22(32)21(31)23(33)25(26)35/h1-10,15-16,19-20H/t15-,16+,19-,20-/m1/s1. The van der Waals surface area contributed by atoms with E-state index >= 15 is 0 Å². The molecular weight excluding hydrogens is 637 g/mol. The lowest BCUT2D eigenvalue weighted by Crippen LogP contribution is -2.35. The minimum atomic E-state index is -2.36. The molecule has 3 aromatic rings. The van der Waals surface area contributed by atoms with Gasteiger partial charge in [-0.05, 0) is 46.5 Å². The molecule has 3 nitrogen and oxygen atoms in total. The Bertz CT molecular complexity index is 1490. The van der Waals surface area contributed by atoms with Crippen LogP contribution in [-0.4, -0.2) is 11.8 Å². The van der Waals surface area contributed by atoms with Crippen molar-refractivity contribution in [3.8, 4) is 0 Å². The van der Waals surface area contributed by atoms with Crippen molar-refractivity contribution >= 4 is 54.9 Å². The molecule has 192 valence electrons. The highest BCUT2D eigenvalue weighted by molar-refractivity contribution is 9.10. The molecule has 0 spiro atoms. The van der Waals surface area contributed by atoms with Gasteiger partial charge in [-0.15, -0.1) is 0 Å². The highest BCUT2D eigenvalue weighted by Crippen LogP contribution is 2.59. The van der Waals surface area contributed by atoms with Crippen molar-refractivity contribution in [1.82, 2.24) is 0 Å². The Balaban J connectivity index is 1.50. The van der Waals surface area contributed by atoms with Crippen molar-refractivity contribution in [3.05, 3.63) is 115 Å². The molecular formula is C28H14Br2F5NO2. The van der Waals surface area contributed by atoms with Gasteiger partial charge in [0.1, 0.15) is 5.69 Å². The van der Waals surface area contributed by atoms with Crippen molar-refractivity contribution in [2.24, 2.45) is 23.7 Å². The largest absolute Gasteiger partial charge is 0.274 e. The van der Waals surface area contributed by atoms with E-state index < -0.39 is 70.3 Å². The van der Waals surface area contributed by atoms with Crippen LogP contribution < -0.4 is 4.90 Å². The van der Waals surface area contributed by atoms with Gasteiger partial charge in [0.2, 0.25) is 17.6 Å². The van der Waals surface area contributed by atoms with Crippen molar-refractivity contribution in [2.75, 3.05) is 4.90 Å². The number of hydrogen-bond donors (Lipinski definition) is 0. The lowest BCUT2D eigenvalue weighted by molar-refractivity contribution is -0.123. The second-order valence-electron chi connectivity index (χ2n) is 9.26. The molecule has 2 aliphatic carbocycles. The zero-order valence-electron chi connectivity index (χ0n) is 19.0. The minimum Gasteiger partial charge on any atom is -0.274 e. The Morgan fingerprint density at radius 2 is 0.974 bits per heavy atom. The van der Waals surface area contributed by atoms with E-state index in [4.69, 9.17) is 0 Å². The molecule has 1 heterocycles. The van der Waals surface area contributed by atoms with Crippen LogP contribution in [0.15, 0.2) is 75.2 Å². The molecule has 1 saturated heterocycles. The molecule has 4 atom stereocenters. The molecule has 2 amide bonds. The number of carbonyl (C=O) groups is 2. The first-order valence-electron chi connectivity index (χ1n) is 11.4. The maximum atomic E-state index is 14.6. The lowest BCUT2D eigenvalue weighted by Gasteiger charge is -2.22. The Morgan fingerprint density at radius 3 is 1.37 bits per heavy atom. The molecule has 0 N–H and O–H groups in total. The van der Waals surface area contributed by atoms with E-state index in [1.807, 2.05) is 48.5 Å². The highest BCUT2D eigenvalue weighted by atomic mass is 79.9. The van der Waals surface area contributed by atoms with E-state index in [-0.39, 0.29) is 4.90 Å². The third-order valence-electron chi connectivity index (χ3n) is 7.38. The summed E-state index contributed by atoms with van der Waals surface area (Å²) in [5, 5.41) is 0. The maximum Gasteiger partial charge on any atom is 0.238 e. The Kier molecular flexibility index (Phi) is 5.95. The third-order valence-corrected chi connectivity index (χ3v) is 8.44. The fourth-order valence-electron chi connectivity index (χ4n) is 5.84. The van der Waals surface area contributed by atoms with Crippen molar-refractivity contribution in [3.63, 3.8) is 0 Å². The number of nitrogens with zero attached hydrogens (tertiary/aromatic N) is 1. The van der Waals surface area contributed by atoms with Crippen LogP contribution >= 0.6 is 31.9 Å². The van der Waals surface area contributed by atoms with E-state index in [0.717, 1.165) is 31.2 Å². The number of rotatable bonds is 3. The molecule has 0 aromatic heterocycles. The molecule has 0 unspecified atom stereocenters. The van der Waals surface area contributed by atoms with Crippen LogP contribution in [0.3, 0.4) is 0 Å². The van der Waals surface area contributed by atoms with Gasteiger partial charge >= 0.3 is 0 Å². The van der Waals surface area contributed by atoms with Crippen LogP contribution in [0, 0.1) is 52.8 Å². The fraction of sp³-hybridized carbons (Fsp3) is 0.143. The van der Waals surface area contributed by atoms with Gasteiger partial charge in [-0.2, -0.15) is 0 Å². The van der Waals surface area contributed by atoms with Crippen molar-refractivity contribution in [1.29, 1.82) is 0 Å². The van der Waals surface area contributed by atoms with Crippen LogP contribution in [0.5, 0.6) is 0 Å². The predicted octanol–water partition coefficient (Wildman–Crippen LogP) is 7.33. The number of hydrogen-bond acceptors (Lipinski definition) is 2. The quantitative estimate of drug-likeness (QED) is 0.0979. The van der Waals surface area contributed by atoms with Gasteiger partial charge in [-0.1, -0.05) is 68.3 Å². The number of allylic oxidation sites excluding steroid dienone is 3. The first-order valence-corrected chi connectivity index (χ1v) is 13.0. The monoisotopic (exact) mass is 649 g/mol. The summed E-state index contributed by atoms with van der Waals surface area (Å²) in [4.78, 5) is 27.1. The van der Waals surface area contributed by atoms with E-state index in [1.54, 1.807) is 12.2 Å². The normalized spacial score (nSPS) is 23.6. The van der Waals surface area contributed by atoms with Gasteiger partial charge in [-0.3, -0.25) is 9.59 Å². The molecule has 1 saturated carbocycles. The second-order valence-corrected chi connectivity index (χ2v) is 11.1. The van der Waals surface area contributed by atoms with E-state index in [1.165, 1.54) is 0 Å². The minimum absolute atomic E-state index is 0.133. The number of carbonyl (C=O) groups excluding carboxylic acids is 2. The molecule has 1 aliphatic heterocycles. The summed E-state index contributed by atoms with van der Waals surface area (Å²) in [6.45, 7) is 0. The number of anilines is 1. The average molecular weight is 651 g/mol. The van der Waals surface area contributed by atoms with Gasteiger partial charge in [-0.25, -0.2) is 26.9 Å². The molecule has 6 rings (SSSR count). The van der Waals surface area contributed by atoms with Crippen LogP contribution in [0.2, 0.25) is 0 Å². The Labute approximate surface area is 229 Å². The Hall–Kier alpha value is -3.11. The lowest BCUT2D eigenvalue weighted by atomic mass is 9.85. The summed E-state index contributed by atoms with van der Waals surface area (Å²) in [5.74, 6) is -16.5. The van der Waals surface area contributed by atoms with Crippen LogP contribution in [-0.2, 0) is 9.59 Å². The van der Waals surface area contributed by atoms with Gasteiger partial charge in [0.25, 0.3) is 0 Å². The van der Waals surface area contributed by atoms with Crippen LogP contribution in [0.4, 0.5) is 27.6 Å². The molecule has 0 radical (unpaired) electrons. The third kappa shape index (κ3) is 3.49. The number of amides is 2. The first kappa shape index (κ1) is 25.2. The zero-order chi connectivity index (χ0) is 27.0. The number of benzene rings is 3. The number of fused-ring (bicyclic) bond motifs is 5. The van der Waals surface area contributed by atoms with E-state index in [0.29, 0.717) is 0 Å². The van der Waals surface area contributed by atoms with E-state index in [9.17, 15) is 31.5 Å². The van der Waals surface area contributed by atoms with Gasteiger partial charge in [0, 0.05) is 20.8 Å². The molecule has 38 heavy (non-hydrogen) atoms. The fourth-order valence-corrected chi connectivity index (χ4v) is 6.37. The summed E-state index contributed by atoms with van der Waals surface area (Å²) in [6.07, 6.45) is 3.54. The first-order chi connectivity index (χ1) is 18.1. The van der Waals surface area contributed by atoms with Crippen molar-refractivity contribution < 1.29 is 31.5 Å². The average Bonchev–Trinajstić information content (AvgIpc) is 3.54. The Morgan fingerprint density at radius 1 is 0.605 bits per heavy atom.